The van der Waals surface area contributed by atoms with E-state index in [0.29, 0.717) is 0 Å². The van der Waals surface area contributed by atoms with Crippen LogP contribution in [-0.4, -0.2) is 15.2 Å². The fraction of sp³-hybridized carbons (Fsp3) is 0.0476. The second-order valence-corrected chi connectivity index (χ2v) is 6.05. The van der Waals surface area contributed by atoms with Crippen LogP contribution >= 0.6 is 0 Å². The summed E-state index contributed by atoms with van der Waals surface area (Å²) in [6.45, 7) is 0.187. The molecule has 0 saturated carbocycles. The minimum atomic E-state index is -0.458. The molecule has 0 amide bonds. The van der Waals surface area contributed by atoms with E-state index in [9.17, 15) is 8.78 Å². The number of halogens is 2. The van der Waals surface area contributed by atoms with E-state index in [4.69, 9.17) is 0 Å². The van der Waals surface area contributed by atoms with Crippen molar-refractivity contribution in [2.75, 3.05) is 5.32 Å². The lowest BCUT2D eigenvalue weighted by atomic mass is 10.1. The molecule has 0 aliphatic heterocycles. The third-order valence-corrected chi connectivity index (χ3v) is 4.18. The monoisotopic (exact) mass is 362 g/mol. The Hall–Kier alpha value is -3.54. The summed E-state index contributed by atoms with van der Waals surface area (Å²) in [5.74, 6) is -0.896. The maximum atomic E-state index is 13.8. The van der Waals surface area contributed by atoms with Gasteiger partial charge in [-0.05, 0) is 60.7 Å². The fourth-order valence-electron chi connectivity index (χ4n) is 2.79. The topological polar surface area (TPSA) is 53.6 Å². The quantitative estimate of drug-likeness (QED) is 0.524. The predicted molar refractivity (Wildman–Crippen MR) is 103 cm³/mol. The van der Waals surface area contributed by atoms with Crippen LogP contribution < -0.4 is 5.32 Å². The molecule has 0 unspecified atom stereocenters. The molecule has 4 rings (SSSR count). The standard InChI is InChI=1S/C21H16F2N4/c22-15-4-7-19(23)14(11-15)13-25-17-6-9-21-18(12-17)20(26-27-21)8-5-16-3-1-2-10-24-16/h1-12,25H,13H2,(H,26,27). The summed E-state index contributed by atoms with van der Waals surface area (Å²) in [6, 6.07) is 14.8. The smallest absolute Gasteiger partial charge is 0.128 e. The number of rotatable bonds is 5. The van der Waals surface area contributed by atoms with Crippen LogP contribution in [0, 0.1) is 11.6 Å². The summed E-state index contributed by atoms with van der Waals surface area (Å²) in [5, 5.41) is 11.3. The van der Waals surface area contributed by atoms with Gasteiger partial charge in [0.05, 0.1) is 16.9 Å². The SMILES string of the molecule is Fc1ccc(F)c(CNc2ccc3n[nH]c(C=Cc4ccccn4)c3c2)c1. The van der Waals surface area contributed by atoms with Gasteiger partial charge in [-0.2, -0.15) is 5.10 Å². The van der Waals surface area contributed by atoms with Crippen molar-refractivity contribution in [2.45, 2.75) is 6.54 Å². The molecule has 6 heteroatoms. The molecule has 2 aromatic heterocycles. The number of aromatic nitrogens is 3. The van der Waals surface area contributed by atoms with Gasteiger partial charge >= 0.3 is 0 Å². The average molecular weight is 362 g/mol. The van der Waals surface area contributed by atoms with E-state index in [1.54, 1.807) is 6.20 Å². The Morgan fingerprint density at radius 2 is 1.93 bits per heavy atom. The number of H-pyrrole nitrogens is 1. The molecule has 2 N–H and O–H groups in total. The number of hydrogen-bond donors (Lipinski definition) is 2. The van der Waals surface area contributed by atoms with Crippen molar-refractivity contribution in [3.63, 3.8) is 0 Å². The Labute approximate surface area is 154 Å². The highest BCUT2D eigenvalue weighted by Gasteiger charge is 2.06. The third-order valence-electron chi connectivity index (χ3n) is 4.18. The Morgan fingerprint density at radius 1 is 1.00 bits per heavy atom. The van der Waals surface area contributed by atoms with E-state index in [0.717, 1.165) is 40.1 Å². The van der Waals surface area contributed by atoms with Gasteiger partial charge in [0.2, 0.25) is 0 Å². The average Bonchev–Trinajstić information content (AvgIpc) is 3.10. The van der Waals surface area contributed by atoms with E-state index < -0.39 is 11.6 Å². The molecule has 0 radical (unpaired) electrons. The molecular formula is C21H16F2N4. The highest BCUT2D eigenvalue weighted by atomic mass is 19.1. The number of anilines is 1. The molecule has 4 aromatic rings. The first-order valence-electron chi connectivity index (χ1n) is 8.44. The van der Waals surface area contributed by atoms with Crippen LogP contribution in [0.1, 0.15) is 17.0 Å². The Bertz CT molecular complexity index is 1100. The van der Waals surface area contributed by atoms with Crippen LogP contribution in [0.3, 0.4) is 0 Å². The molecular weight excluding hydrogens is 346 g/mol. The molecule has 0 spiro atoms. The van der Waals surface area contributed by atoms with Gasteiger partial charge in [0.15, 0.2) is 0 Å². The highest BCUT2D eigenvalue weighted by molar-refractivity contribution is 5.91. The minimum absolute atomic E-state index is 0.187. The van der Waals surface area contributed by atoms with Gasteiger partial charge in [0.1, 0.15) is 11.6 Å². The Balaban J connectivity index is 1.56. The number of nitrogens with zero attached hydrogens (tertiary/aromatic N) is 2. The van der Waals surface area contributed by atoms with E-state index in [1.165, 1.54) is 6.07 Å². The van der Waals surface area contributed by atoms with Gasteiger partial charge in [-0.3, -0.25) is 10.1 Å². The number of aromatic amines is 1. The summed E-state index contributed by atoms with van der Waals surface area (Å²) >= 11 is 0. The zero-order valence-corrected chi connectivity index (χ0v) is 14.3. The molecule has 0 bridgehead atoms. The van der Waals surface area contributed by atoms with E-state index in [-0.39, 0.29) is 12.1 Å². The second-order valence-electron chi connectivity index (χ2n) is 6.05. The van der Waals surface area contributed by atoms with Crippen molar-refractivity contribution in [1.29, 1.82) is 0 Å². The molecule has 0 aliphatic rings. The van der Waals surface area contributed by atoms with Crippen LogP contribution in [0.4, 0.5) is 14.5 Å². The largest absolute Gasteiger partial charge is 0.381 e. The summed E-state index contributed by atoms with van der Waals surface area (Å²) in [6.07, 6.45) is 5.54. The first-order chi connectivity index (χ1) is 13.2. The number of benzene rings is 2. The lowest BCUT2D eigenvalue weighted by molar-refractivity contribution is 0.587. The van der Waals surface area contributed by atoms with Crippen molar-refractivity contribution < 1.29 is 8.78 Å². The van der Waals surface area contributed by atoms with E-state index >= 15 is 0 Å². The molecule has 2 aromatic carbocycles. The van der Waals surface area contributed by atoms with Gasteiger partial charge in [-0.15, -0.1) is 0 Å². The van der Waals surface area contributed by atoms with Gasteiger partial charge in [-0.25, -0.2) is 8.78 Å². The number of fused-ring (bicyclic) bond motifs is 1. The lowest BCUT2D eigenvalue weighted by Gasteiger charge is -2.08. The number of pyridine rings is 1. The summed E-state index contributed by atoms with van der Waals surface area (Å²) < 4.78 is 27.1. The predicted octanol–water partition coefficient (Wildman–Crippen LogP) is 5.02. The molecule has 0 saturated heterocycles. The molecule has 0 atom stereocenters. The van der Waals surface area contributed by atoms with Gasteiger partial charge < -0.3 is 5.32 Å². The maximum Gasteiger partial charge on any atom is 0.128 e. The summed E-state index contributed by atoms with van der Waals surface area (Å²) in [4.78, 5) is 4.25. The molecule has 27 heavy (non-hydrogen) atoms. The van der Waals surface area contributed by atoms with Crippen molar-refractivity contribution in [2.24, 2.45) is 0 Å². The Kier molecular flexibility index (Phi) is 4.61. The summed E-state index contributed by atoms with van der Waals surface area (Å²) in [7, 11) is 0. The molecule has 0 aliphatic carbocycles. The van der Waals surface area contributed by atoms with Crippen molar-refractivity contribution in [1.82, 2.24) is 15.2 Å². The van der Waals surface area contributed by atoms with Crippen molar-refractivity contribution >= 4 is 28.7 Å². The Morgan fingerprint density at radius 3 is 2.78 bits per heavy atom. The van der Waals surface area contributed by atoms with Gasteiger partial charge in [-0.1, -0.05) is 6.07 Å². The first kappa shape index (κ1) is 16.9. The minimum Gasteiger partial charge on any atom is -0.381 e. The zero-order chi connectivity index (χ0) is 18.6. The van der Waals surface area contributed by atoms with Gasteiger partial charge in [0.25, 0.3) is 0 Å². The van der Waals surface area contributed by atoms with E-state index in [2.05, 4.69) is 20.5 Å². The van der Waals surface area contributed by atoms with E-state index in [1.807, 2.05) is 48.6 Å². The number of hydrogen-bond acceptors (Lipinski definition) is 3. The molecule has 0 fully saturated rings. The molecule has 134 valence electrons. The fourth-order valence-corrected chi connectivity index (χ4v) is 2.79. The van der Waals surface area contributed by atoms with Crippen molar-refractivity contribution in [3.8, 4) is 0 Å². The van der Waals surface area contributed by atoms with Crippen molar-refractivity contribution in [3.05, 3.63) is 89.4 Å². The third kappa shape index (κ3) is 3.84. The highest BCUT2D eigenvalue weighted by Crippen LogP contribution is 2.23. The first-order valence-corrected chi connectivity index (χ1v) is 8.44. The van der Waals surface area contributed by atoms with Crippen LogP contribution in [0.5, 0.6) is 0 Å². The van der Waals surface area contributed by atoms with Gasteiger partial charge in [0, 0.05) is 29.4 Å². The number of nitrogens with one attached hydrogen (secondary N) is 2. The maximum absolute atomic E-state index is 13.8. The van der Waals surface area contributed by atoms with Crippen LogP contribution in [-0.2, 0) is 6.54 Å². The zero-order valence-electron chi connectivity index (χ0n) is 14.3. The molecule has 4 nitrogen and oxygen atoms in total. The summed E-state index contributed by atoms with van der Waals surface area (Å²) in [5.41, 5.74) is 3.57. The molecule has 2 heterocycles. The van der Waals surface area contributed by atoms with Crippen LogP contribution in [0.25, 0.3) is 23.1 Å². The second kappa shape index (κ2) is 7.37. The van der Waals surface area contributed by atoms with Crippen LogP contribution in [0.15, 0.2) is 60.8 Å². The normalized spacial score (nSPS) is 11.3. The lowest BCUT2D eigenvalue weighted by Crippen LogP contribution is -2.02. The van der Waals surface area contributed by atoms with Crippen LogP contribution in [0.2, 0.25) is 0 Å².